The van der Waals surface area contributed by atoms with E-state index in [1.807, 2.05) is 41.7 Å². The topological polar surface area (TPSA) is 51.0 Å². The highest BCUT2D eigenvalue weighted by atomic mass is 16.2. The molecule has 1 amide bonds. The van der Waals surface area contributed by atoms with Gasteiger partial charge >= 0.3 is 0 Å². The van der Waals surface area contributed by atoms with Crippen molar-refractivity contribution in [3.05, 3.63) is 83.7 Å². The molecule has 3 aromatic rings. The molecule has 0 saturated carbocycles. The van der Waals surface area contributed by atoms with E-state index in [0.29, 0.717) is 25.4 Å². The third-order valence-electron chi connectivity index (χ3n) is 4.77. The van der Waals surface area contributed by atoms with Crippen LogP contribution in [0.2, 0.25) is 0 Å². The summed E-state index contributed by atoms with van der Waals surface area (Å²) in [4.78, 5) is 23.5. The van der Waals surface area contributed by atoms with Crippen LogP contribution in [0.15, 0.2) is 61.2 Å². The molecule has 1 aromatic carbocycles. The number of carbonyl (C=O) groups excluding carboxylic acids is 1. The second-order valence-corrected chi connectivity index (χ2v) is 7.61. The van der Waals surface area contributed by atoms with E-state index in [-0.39, 0.29) is 5.91 Å². The van der Waals surface area contributed by atoms with Crippen LogP contribution in [0, 0.1) is 12.8 Å². The first-order valence-electron chi connectivity index (χ1n) is 9.74. The van der Waals surface area contributed by atoms with Gasteiger partial charge in [-0.15, -0.1) is 0 Å². The average molecular weight is 377 g/mol. The molecule has 0 fully saturated rings. The molecule has 5 heteroatoms. The monoisotopic (exact) mass is 376 g/mol. The van der Waals surface area contributed by atoms with Crippen LogP contribution in [-0.4, -0.2) is 25.3 Å². The summed E-state index contributed by atoms with van der Waals surface area (Å²) in [6, 6.07) is 12.3. The smallest absolute Gasteiger partial charge is 0.223 e. The van der Waals surface area contributed by atoms with Crippen LogP contribution in [-0.2, 0) is 24.4 Å². The number of hydrogen-bond acceptors (Lipinski definition) is 3. The zero-order valence-electron chi connectivity index (χ0n) is 16.9. The van der Waals surface area contributed by atoms with Crippen molar-refractivity contribution in [2.45, 2.75) is 46.8 Å². The third kappa shape index (κ3) is 5.28. The number of carbonyl (C=O) groups is 1. The van der Waals surface area contributed by atoms with Gasteiger partial charge < -0.3 is 9.47 Å². The first kappa shape index (κ1) is 19.8. The molecule has 0 aliphatic rings. The van der Waals surface area contributed by atoms with E-state index in [9.17, 15) is 4.79 Å². The molecular weight excluding hydrogens is 348 g/mol. The lowest BCUT2D eigenvalue weighted by Gasteiger charge is -2.24. The van der Waals surface area contributed by atoms with Gasteiger partial charge in [-0.05, 0) is 35.6 Å². The number of amides is 1. The molecule has 0 aliphatic heterocycles. The lowest BCUT2D eigenvalue weighted by Crippen LogP contribution is -2.32. The summed E-state index contributed by atoms with van der Waals surface area (Å²) in [6.07, 6.45) is 7.88. The van der Waals surface area contributed by atoms with Crippen LogP contribution < -0.4 is 0 Å². The van der Waals surface area contributed by atoms with Crippen LogP contribution >= 0.6 is 0 Å². The number of rotatable bonds is 8. The molecular formula is C23H28N4O. The zero-order chi connectivity index (χ0) is 19.9. The Morgan fingerprint density at radius 1 is 1.11 bits per heavy atom. The molecule has 0 unspecified atom stereocenters. The van der Waals surface area contributed by atoms with Gasteiger partial charge in [0.05, 0.1) is 6.54 Å². The Hall–Kier alpha value is -2.95. The number of hydrogen-bond donors (Lipinski definition) is 0. The molecule has 0 spiro atoms. The fourth-order valence-corrected chi connectivity index (χ4v) is 3.20. The van der Waals surface area contributed by atoms with Gasteiger partial charge in [0, 0.05) is 44.3 Å². The minimum absolute atomic E-state index is 0.143. The SMILES string of the molecule is Cc1ccccc1Cn1ccnc1CN(Cc1cccnc1)C(=O)CC(C)C. The van der Waals surface area contributed by atoms with Crippen molar-refractivity contribution in [1.29, 1.82) is 0 Å². The van der Waals surface area contributed by atoms with E-state index in [0.717, 1.165) is 17.9 Å². The number of nitrogens with zero attached hydrogens (tertiary/aromatic N) is 4. The van der Waals surface area contributed by atoms with Crippen molar-refractivity contribution in [1.82, 2.24) is 19.4 Å². The summed E-state index contributed by atoms with van der Waals surface area (Å²) >= 11 is 0. The van der Waals surface area contributed by atoms with E-state index in [4.69, 9.17) is 0 Å². The maximum atomic E-state index is 12.9. The van der Waals surface area contributed by atoms with Crippen molar-refractivity contribution < 1.29 is 4.79 Å². The standard InChI is InChI=1S/C23H28N4O/c1-18(2)13-23(28)27(15-20-8-6-10-24-14-20)17-22-25-11-12-26(22)16-21-9-5-4-7-19(21)3/h4-12,14,18H,13,15-17H2,1-3H3. The van der Waals surface area contributed by atoms with E-state index < -0.39 is 0 Å². The molecule has 3 rings (SSSR count). The Bertz CT molecular complexity index is 902. The maximum absolute atomic E-state index is 12.9. The van der Waals surface area contributed by atoms with Gasteiger partial charge in [0.1, 0.15) is 5.82 Å². The number of pyridine rings is 1. The van der Waals surface area contributed by atoms with E-state index >= 15 is 0 Å². The molecule has 2 heterocycles. The molecule has 0 N–H and O–H groups in total. The number of aromatic nitrogens is 3. The Kier molecular flexibility index (Phi) is 6.58. The number of benzene rings is 1. The molecule has 0 radical (unpaired) electrons. The van der Waals surface area contributed by atoms with E-state index in [1.54, 1.807) is 6.20 Å². The zero-order valence-corrected chi connectivity index (χ0v) is 16.9. The third-order valence-corrected chi connectivity index (χ3v) is 4.77. The first-order chi connectivity index (χ1) is 13.5. The molecule has 0 aliphatic carbocycles. The highest BCUT2D eigenvalue weighted by Gasteiger charge is 2.18. The number of imidazole rings is 1. The second-order valence-electron chi connectivity index (χ2n) is 7.61. The van der Waals surface area contributed by atoms with Crippen molar-refractivity contribution in [3.8, 4) is 0 Å². The second kappa shape index (κ2) is 9.31. The van der Waals surface area contributed by atoms with Crippen LogP contribution in [0.3, 0.4) is 0 Å². The minimum atomic E-state index is 0.143. The number of aryl methyl sites for hydroxylation is 1. The lowest BCUT2D eigenvalue weighted by atomic mass is 10.1. The van der Waals surface area contributed by atoms with Crippen molar-refractivity contribution in [3.63, 3.8) is 0 Å². The fourth-order valence-electron chi connectivity index (χ4n) is 3.20. The maximum Gasteiger partial charge on any atom is 0.223 e. The lowest BCUT2D eigenvalue weighted by molar-refractivity contribution is -0.133. The Labute approximate surface area is 167 Å². The fraction of sp³-hybridized carbons (Fsp3) is 0.348. The quantitative estimate of drug-likeness (QED) is 0.592. The summed E-state index contributed by atoms with van der Waals surface area (Å²) in [5.41, 5.74) is 3.54. The molecule has 0 bridgehead atoms. The summed E-state index contributed by atoms with van der Waals surface area (Å²) in [6.45, 7) is 8.03. The first-order valence-corrected chi connectivity index (χ1v) is 9.74. The van der Waals surface area contributed by atoms with Crippen molar-refractivity contribution >= 4 is 5.91 Å². The summed E-state index contributed by atoms with van der Waals surface area (Å²) in [7, 11) is 0. The van der Waals surface area contributed by atoms with Gasteiger partial charge in [-0.25, -0.2) is 4.98 Å². The Morgan fingerprint density at radius 3 is 2.64 bits per heavy atom. The highest BCUT2D eigenvalue weighted by Crippen LogP contribution is 2.15. The van der Waals surface area contributed by atoms with Gasteiger partial charge in [-0.2, -0.15) is 0 Å². The average Bonchev–Trinajstić information content (AvgIpc) is 3.10. The molecule has 2 aromatic heterocycles. The van der Waals surface area contributed by atoms with Crippen molar-refractivity contribution in [2.75, 3.05) is 0 Å². The predicted molar refractivity (Wildman–Crippen MR) is 110 cm³/mol. The van der Waals surface area contributed by atoms with E-state index in [2.05, 4.69) is 53.5 Å². The normalized spacial score (nSPS) is 11.0. The molecule has 0 atom stereocenters. The molecule has 146 valence electrons. The summed E-state index contributed by atoms with van der Waals surface area (Å²) < 4.78 is 2.13. The van der Waals surface area contributed by atoms with Crippen LogP contribution in [0.1, 0.15) is 42.8 Å². The van der Waals surface area contributed by atoms with Gasteiger partial charge in [-0.1, -0.05) is 44.2 Å². The van der Waals surface area contributed by atoms with Crippen molar-refractivity contribution in [2.24, 2.45) is 5.92 Å². The van der Waals surface area contributed by atoms with Crippen LogP contribution in [0.4, 0.5) is 0 Å². The largest absolute Gasteiger partial charge is 0.331 e. The van der Waals surface area contributed by atoms with Gasteiger partial charge in [0.2, 0.25) is 5.91 Å². The molecule has 5 nitrogen and oxygen atoms in total. The van der Waals surface area contributed by atoms with Gasteiger partial charge in [0.25, 0.3) is 0 Å². The summed E-state index contributed by atoms with van der Waals surface area (Å²) in [5, 5.41) is 0. The molecule has 28 heavy (non-hydrogen) atoms. The Balaban J connectivity index is 1.80. The predicted octanol–water partition coefficient (Wildman–Crippen LogP) is 4.21. The van der Waals surface area contributed by atoms with Gasteiger partial charge in [-0.3, -0.25) is 9.78 Å². The minimum Gasteiger partial charge on any atom is -0.331 e. The van der Waals surface area contributed by atoms with E-state index in [1.165, 1.54) is 11.1 Å². The molecule has 0 saturated heterocycles. The summed E-state index contributed by atoms with van der Waals surface area (Å²) in [5.74, 6) is 1.35. The van der Waals surface area contributed by atoms with Crippen LogP contribution in [0.25, 0.3) is 0 Å². The van der Waals surface area contributed by atoms with Crippen LogP contribution in [0.5, 0.6) is 0 Å². The van der Waals surface area contributed by atoms with Gasteiger partial charge in [0.15, 0.2) is 0 Å². The highest BCUT2D eigenvalue weighted by molar-refractivity contribution is 5.76. The Morgan fingerprint density at radius 2 is 1.93 bits per heavy atom.